The van der Waals surface area contributed by atoms with Crippen LogP contribution in [0.3, 0.4) is 0 Å². The molecular weight excluding hydrogens is 216 g/mol. The monoisotopic (exact) mass is 232 g/mol. The zero-order valence-electron chi connectivity index (χ0n) is 9.89. The molecule has 1 rings (SSSR count). The number of ether oxygens (including phenoxy) is 1. The first-order valence-electron chi connectivity index (χ1n) is 5.51. The average molecular weight is 232 g/mol. The molecule has 0 spiro atoms. The van der Waals surface area contributed by atoms with E-state index in [2.05, 4.69) is 6.58 Å². The minimum Gasteiger partial charge on any atom is -0.450 e. The van der Waals surface area contributed by atoms with Gasteiger partial charge in [-0.25, -0.2) is 0 Å². The lowest BCUT2D eigenvalue weighted by molar-refractivity contribution is -0.153. The molecule has 0 saturated carbocycles. The SMILES string of the molecule is C=CCCC(=O)[C@@H](OC(C)=O)c1ccccc1. The molecule has 1 aromatic rings. The van der Waals surface area contributed by atoms with Gasteiger partial charge in [0, 0.05) is 13.3 Å². The van der Waals surface area contributed by atoms with Crippen LogP contribution in [0.15, 0.2) is 43.0 Å². The lowest BCUT2D eigenvalue weighted by atomic mass is 10.0. The van der Waals surface area contributed by atoms with E-state index in [4.69, 9.17) is 4.74 Å². The van der Waals surface area contributed by atoms with E-state index in [0.717, 1.165) is 0 Å². The van der Waals surface area contributed by atoms with Gasteiger partial charge in [-0.2, -0.15) is 0 Å². The number of carbonyl (C=O) groups excluding carboxylic acids is 2. The van der Waals surface area contributed by atoms with Crippen molar-refractivity contribution in [3.8, 4) is 0 Å². The van der Waals surface area contributed by atoms with Crippen LogP contribution in [0.4, 0.5) is 0 Å². The number of Topliss-reactive ketones (excluding diaryl/α,β-unsaturated/α-hetero) is 1. The molecule has 0 unspecified atom stereocenters. The topological polar surface area (TPSA) is 43.4 Å². The Kier molecular flexibility index (Phi) is 5.14. The third kappa shape index (κ3) is 4.23. The smallest absolute Gasteiger partial charge is 0.303 e. The van der Waals surface area contributed by atoms with Crippen molar-refractivity contribution >= 4 is 11.8 Å². The highest BCUT2D eigenvalue weighted by molar-refractivity contribution is 5.86. The summed E-state index contributed by atoms with van der Waals surface area (Å²) in [6.07, 6.45) is 1.79. The minimum atomic E-state index is -0.798. The molecule has 0 amide bonds. The van der Waals surface area contributed by atoms with Gasteiger partial charge < -0.3 is 4.74 Å². The molecular formula is C14H16O3. The fourth-order valence-corrected chi connectivity index (χ4v) is 1.49. The van der Waals surface area contributed by atoms with Crippen LogP contribution in [0.1, 0.15) is 31.4 Å². The molecule has 0 radical (unpaired) electrons. The van der Waals surface area contributed by atoms with Crippen LogP contribution in [0.2, 0.25) is 0 Å². The summed E-state index contributed by atoms with van der Waals surface area (Å²) in [5, 5.41) is 0. The molecule has 3 nitrogen and oxygen atoms in total. The number of hydrogen-bond acceptors (Lipinski definition) is 3. The summed E-state index contributed by atoms with van der Waals surface area (Å²) < 4.78 is 5.07. The van der Waals surface area contributed by atoms with E-state index >= 15 is 0 Å². The van der Waals surface area contributed by atoms with E-state index in [1.807, 2.05) is 18.2 Å². The number of allylic oxidation sites excluding steroid dienone is 1. The second-order valence-electron chi connectivity index (χ2n) is 3.69. The normalized spacial score (nSPS) is 11.6. The van der Waals surface area contributed by atoms with E-state index in [-0.39, 0.29) is 5.78 Å². The molecule has 0 aromatic heterocycles. The first-order valence-corrected chi connectivity index (χ1v) is 5.51. The van der Waals surface area contributed by atoms with Crippen LogP contribution in [0, 0.1) is 0 Å². The Hall–Kier alpha value is -1.90. The van der Waals surface area contributed by atoms with Crippen molar-refractivity contribution < 1.29 is 14.3 Å². The summed E-state index contributed by atoms with van der Waals surface area (Å²) in [5.74, 6) is -0.558. The lowest BCUT2D eigenvalue weighted by Gasteiger charge is -2.15. The van der Waals surface area contributed by atoms with Crippen LogP contribution in [-0.4, -0.2) is 11.8 Å². The van der Waals surface area contributed by atoms with Crippen molar-refractivity contribution in [2.45, 2.75) is 25.9 Å². The number of rotatable bonds is 6. The average Bonchev–Trinajstić information content (AvgIpc) is 2.34. The Morgan fingerprint density at radius 3 is 2.53 bits per heavy atom. The maximum atomic E-state index is 11.9. The molecule has 0 fully saturated rings. The highest BCUT2D eigenvalue weighted by atomic mass is 16.5. The summed E-state index contributed by atoms with van der Waals surface area (Å²) >= 11 is 0. The van der Waals surface area contributed by atoms with Gasteiger partial charge in [-0.3, -0.25) is 9.59 Å². The van der Waals surface area contributed by atoms with Gasteiger partial charge in [0.2, 0.25) is 0 Å². The van der Waals surface area contributed by atoms with Crippen molar-refractivity contribution in [1.29, 1.82) is 0 Å². The summed E-state index contributed by atoms with van der Waals surface area (Å²) in [5.41, 5.74) is 0.705. The number of esters is 1. The summed E-state index contributed by atoms with van der Waals surface area (Å²) in [4.78, 5) is 22.9. The van der Waals surface area contributed by atoms with Crippen LogP contribution in [0.5, 0.6) is 0 Å². The molecule has 0 aliphatic heterocycles. The Morgan fingerprint density at radius 2 is 2.00 bits per heavy atom. The van der Waals surface area contributed by atoms with E-state index < -0.39 is 12.1 Å². The molecule has 0 heterocycles. The van der Waals surface area contributed by atoms with Gasteiger partial charge in [0.1, 0.15) is 0 Å². The molecule has 0 aliphatic carbocycles. The third-order valence-corrected chi connectivity index (χ3v) is 2.27. The van der Waals surface area contributed by atoms with Gasteiger partial charge in [0.05, 0.1) is 0 Å². The predicted octanol–water partition coefficient (Wildman–Crippen LogP) is 2.83. The van der Waals surface area contributed by atoms with E-state index in [0.29, 0.717) is 18.4 Å². The van der Waals surface area contributed by atoms with Crippen molar-refractivity contribution in [2.24, 2.45) is 0 Å². The largest absolute Gasteiger partial charge is 0.450 e. The first kappa shape index (κ1) is 13.2. The van der Waals surface area contributed by atoms with E-state index in [9.17, 15) is 9.59 Å². The van der Waals surface area contributed by atoms with Crippen molar-refractivity contribution in [1.82, 2.24) is 0 Å². The van der Waals surface area contributed by atoms with Gasteiger partial charge in [0.25, 0.3) is 0 Å². The maximum absolute atomic E-state index is 11.9. The van der Waals surface area contributed by atoms with Gasteiger partial charge >= 0.3 is 5.97 Å². The number of benzene rings is 1. The Morgan fingerprint density at radius 1 is 1.35 bits per heavy atom. The molecule has 0 N–H and O–H groups in total. The molecule has 0 bridgehead atoms. The van der Waals surface area contributed by atoms with Crippen molar-refractivity contribution in [2.75, 3.05) is 0 Å². The molecule has 0 saturated heterocycles. The molecule has 1 aromatic carbocycles. The highest BCUT2D eigenvalue weighted by Gasteiger charge is 2.22. The van der Waals surface area contributed by atoms with Crippen molar-refractivity contribution in [3.63, 3.8) is 0 Å². The Labute approximate surface area is 101 Å². The molecule has 1 atom stereocenters. The van der Waals surface area contributed by atoms with Crippen LogP contribution >= 0.6 is 0 Å². The first-order chi connectivity index (χ1) is 8.15. The van der Waals surface area contributed by atoms with Gasteiger partial charge in [-0.15, -0.1) is 6.58 Å². The number of hydrogen-bond donors (Lipinski definition) is 0. The zero-order valence-corrected chi connectivity index (χ0v) is 9.89. The summed E-state index contributed by atoms with van der Waals surface area (Å²) in [6, 6.07) is 9.03. The van der Waals surface area contributed by atoms with Crippen LogP contribution in [-0.2, 0) is 14.3 Å². The quantitative estimate of drug-likeness (QED) is 0.559. The Bertz CT molecular complexity index is 395. The van der Waals surface area contributed by atoms with Crippen LogP contribution in [0.25, 0.3) is 0 Å². The van der Waals surface area contributed by atoms with Crippen molar-refractivity contribution in [3.05, 3.63) is 48.6 Å². The Balaban J connectivity index is 2.84. The van der Waals surface area contributed by atoms with E-state index in [1.54, 1.807) is 18.2 Å². The lowest BCUT2D eigenvalue weighted by Crippen LogP contribution is -2.18. The van der Waals surface area contributed by atoms with E-state index in [1.165, 1.54) is 6.92 Å². The summed E-state index contributed by atoms with van der Waals surface area (Å²) in [6.45, 7) is 4.87. The third-order valence-electron chi connectivity index (χ3n) is 2.27. The molecule has 0 aliphatic rings. The van der Waals surface area contributed by atoms with Gasteiger partial charge in [-0.1, -0.05) is 36.4 Å². The molecule has 17 heavy (non-hydrogen) atoms. The van der Waals surface area contributed by atoms with Crippen LogP contribution < -0.4 is 0 Å². The maximum Gasteiger partial charge on any atom is 0.303 e. The van der Waals surface area contributed by atoms with Gasteiger partial charge in [-0.05, 0) is 12.0 Å². The van der Waals surface area contributed by atoms with Gasteiger partial charge in [0.15, 0.2) is 11.9 Å². The fraction of sp³-hybridized carbons (Fsp3) is 0.286. The molecule has 3 heteroatoms. The second kappa shape index (κ2) is 6.63. The number of carbonyl (C=O) groups is 2. The zero-order chi connectivity index (χ0) is 12.7. The highest BCUT2D eigenvalue weighted by Crippen LogP contribution is 2.20. The second-order valence-corrected chi connectivity index (χ2v) is 3.69. The fourth-order valence-electron chi connectivity index (χ4n) is 1.49. The minimum absolute atomic E-state index is 0.105. The standard InChI is InChI=1S/C14H16O3/c1-3-4-10-13(16)14(17-11(2)15)12-8-6-5-7-9-12/h3,5-9,14H,1,4,10H2,2H3/t14-/m0/s1. The predicted molar refractivity (Wildman–Crippen MR) is 65.4 cm³/mol. The number of ketones is 1. The summed E-state index contributed by atoms with van der Waals surface area (Å²) in [7, 11) is 0. The molecule has 90 valence electrons.